The molecule has 0 amide bonds. The van der Waals surface area contributed by atoms with Gasteiger partial charge in [-0.3, -0.25) is 9.69 Å². The summed E-state index contributed by atoms with van der Waals surface area (Å²) in [6.45, 7) is 2.65. The number of hydrogen-bond acceptors (Lipinski definition) is 3. The predicted octanol–water partition coefficient (Wildman–Crippen LogP) is 0.600. The van der Waals surface area contributed by atoms with E-state index in [1.807, 2.05) is 11.8 Å². The van der Waals surface area contributed by atoms with Crippen LogP contribution in [0.2, 0.25) is 0 Å². The largest absolute Gasteiger partial charge is 0.480 e. The van der Waals surface area contributed by atoms with E-state index in [0.717, 1.165) is 19.4 Å². The van der Waals surface area contributed by atoms with Crippen molar-refractivity contribution in [1.29, 1.82) is 0 Å². The second-order valence-corrected chi connectivity index (χ2v) is 4.03. The Hall–Kier alpha value is -0.680. The fraction of sp³-hybridized carbons (Fsp3) is 0.778. The van der Waals surface area contributed by atoms with Gasteiger partial charge in [-0.2, -0.15) is 0 Å². The van der Waals surface area contributed by atoms with Gasteiger partial charge in [-0.15, -0.1) is 0 Å². The van der Waals surface area contributed by atoms with Crippen LogP contribution >= 0.6 is 12.2 Å². The molecule has 0 aliphatic carbocycles. The molecule has 3 N–H and O–H groups in total. The van der Waals surface area contributed by atoms with Gasteiger partial charge in [0.25, 0.3) is 0 Å². The summed E-state index contributed by atoms with van der Waals surface area (Å²) in [4.78, 5) is 13.3. The van der Waals surface area contributed by atoms with Crippen molar-refractivity contribution in [2.24, 2.45) is 5.73 Å². The molecule has 1 aliphatic rings. The SMILES string of the molecule is CCC(C(=O)O)N1CCCC1C(N)=S. The summed E-state index contributed by atoms with van der Waals surface area (Å²) in [7, 11) is 0. The Labute approximate surface area is 89.1 Å². The van der Waals surface area contributed by atoms with Crippen LogP contribution in [0.4, 0.5) is 0 Å². The summed E-state index contributed by atoms with van der Waals surface area (Å²) >= 11 is 4.93. The summed E-state index contributed by atoms with van der Waals surface area (Å²) in [5.74, 6) is -0.782. The zero-order chi connectivity index (χ0) is 10.7. The van der Waals surface area contributed by atoms with Crippen molar-refractivity contribution in [3.8, 4) is 0 Å². The van der Waals surface area contributed by atoms with Crippen molar-refractivity contribution >= 4 is 23.2 Å². The highest BCUT2D eigenvalue weighted by atomic mass is 32.1. The number of carbonyl (C=O) groups is 1. The minimum atomic E-state index is -0.782. The van der Waals surface area contributed by atoms with Crippen LogP contribution in [0.25, 0.3) is 0 Å². The molecule has 2 unspecified atom stereocenters. The molecule has 1 rings (SSSR count). The second kappa shape index (κ2) is 4.70. The number of likely N-dealkylation sites (tertiary alicyclic amines) is 1. The van der Waals surface area contributed by atoms with Crippen molar-refractivity contribution < 1.29 is 9.90 Å². The molecule has 2 atom stereocenters. The van der Waals surface area contributed by atoms with Gasteiger partial charge in [0.15, 0.2) is 0 Å². The maximum Gasteiger partial charge on any atom is 0.320 e. The van der Waals surface area contributed by atoms with E-state index >= 15 is 0 Å². The Bertz CT molecular complexity index is 245. The van der Waals surface area contributed by atoms with Gasteiger partial charge in [0.2, 0.25) is 0 Å². The minimum absolute atomic E-state index is 0.0222. The van der Waals surface area contributed by atoms with Gasteiger partial charge < -0.3 is 10.8 Å². The molecular weight excluding hydrogens is 200 g/mol. The van der Waals surface area contributed by atoms with Crippen LogP contribution in [0.15, 0.2) is 0 Å². The molecule has 80 valence electrons. The molecular formula is C9H16N2O2S. The van der Waals surface area contributed by atoms with Crippen LogP contribution in [0.1, 0.15) is 26.2 Å². The molecule has 0 bridgehead atoms. The first-order chi connectivity index (χ1) is 6.57. The number of hydrogen-bond donors (Lipinski definition) is 2. The Morgan fingerprint density at radius 1 is 1.79 bits per heavy atom. The smallest absolute Gasteiger partial charge is 0.320 e. The van der Waals surface area contributed by atoms with E-state index in [9.17, 15) is 4.79 Å². The van der Waals surface area contributed by atoms with Crippen molar-refractivity contribution in [2.75, 3.05) is 6.54 Å². The van der Waals surface area contributed by atoms with E-state index in [2.05, 4.69) is 0 Å². The lowest BCUT2D eigenvalue weighted by Gasteiger charge is -2.28. The average molecular weight is 216 g/mol. The van der Waals surface area contributed by atoms with Gasteiger partial charge in [0, 0.05) is 0 Å². The number of nitrogens with two attached hydrogens (primary N) is 1. The Morgan fingerprint density at radius 3 is 2.86 bits per heavy atom. The number of thiocarbonyl (C=S) groups is 1. The summed E-state index contributed by atoms with van der Waals surface area (Å²) in [5.41, 5.74) is 5.58. The molecule has 0 aromatic carbocycles. The molecule has 0 radical (unpaired) electrons. The normalized spacial score (nSPS) is 24.8. The fourth-order valence-electron chi connectivity index (χ4n) is 2.02. The van der Waals surface area contributed by atoms with Crippen molar-refractivity contribution in [2.45, 2.75) is 38.3 Å². The van der Waals surface area contributed by atoms with Crippen molar-refractivity contribution in [3.63, 3.8) is 0 Å². The van der Waals surface area contributed by atoms with Crippen LogP contribution in [-0.2, 0) is 4.79 Å². The van der Waals surface area contributed by atoms with E-state index in [1.165, 1.54) is 0 Å². The standard InChI is InChI=1S/C9H16N2O2S/c1-2-6(9(12)13)11-5-3-4-7(11)8(10)14/h6-7H,2-5H2,1H3,(H2,10,14)(H,12,13). The van der Waals surface area contributed by atoms with Gasteiger partial charge in [-0.25, -0.2) is 0 Å². The first kappa shape index (κ1) is 11.4. The van der Waals surface area contributed by atoms with Crippen LogP contribution in [0.3, 0.4) is 0 Å². The third-order valence-corrected chi connectivity index (χ3v) is 2.97. The second-order valence-electron chi connectivity index (χ2n) is 3.56. The molecule has 1 fully saturated rings. The molecule has 4 nitrogen and oxygen atoms in total. The minimum Gasteiger partial charge on any atom is -0.480 e. The summed E-state index contributed by atoms with van der Waals surface area (Å²) < 4.78 is 0. The van der Waals surface area contributed by atoms with E-state index in [4.69, 9.17) is 23.1 Å². The summed E-state index contributed by atoms with van der Waals surface area (Å²) in [6, 6.07) is -0.463. The van der Waals surface area contributed by atoms with Gasteiger partial charge >= 0.3 is 5.97 Å². The zero-order valence-corrected chi connectivity index (χ0v) is 9.09. The highest BCUT2D eigenvalue weighted by Crippen LogP contribution is 2.21. The number of carboxylic acids is 1. The number of aliphatic carboxylic acids is 1. The highest BCUT2D eigenvalue weighted by molar-refractivity contribution is 7.80. The van der Waals surface area contributed by atoms with E-state index in [1.54, 1.807) is 0 Å². The first-order valence-corrected chi connectivity index (χ1v) is 5.26. The van der Waals surface area contributed by atoms with E-state index < -0.39 is 12.0 Å². The Morgan fingerprint density at radius 2 is 2.43 bits per heavy atom. The maximum absolute atomic E-state index is 11.0. The van der Waals surface area contributed by atoms with Gasteiger partial charge in [0.1, 0.15) is 6.04 Å². The molecule has 1 heterocycles. The average Bonchev–Trinajstić information content (AvgIpc) is 2.53. The number of nitrogens with zero attached hydrogens (tertiary/aromatic N) is 1. The predicted molar refractivity (Wildman–Crippen MR) is 58.2 cm³/mol. The van der Waals surface area contributed by atoms with E-state index in [-0.39, 0.29) is 6.04 Å². The lowest BCUT2D eigenvalue weighted by molar-refractivity contribution is -0.143. The monoisotopic (exact) mass is 216 g/mol. The van der Waals surface area contributed by atoms with Crippen LogP contribution < -0.4 is 5.73 Å². The quantitative estimate of drug-likeness (QED) is 0.674. The molecule has 0 saturated carbocycles. The van der Waals surface area contributed by atoms with Crippen molar-refractivity contribution in [1.82, 2.24) is 4.90 Å². The molecule has 0 aromatic heterocycles. The Balaban J connectivity index is 2.74. The lowest BCUT2D eigenvalue weighted by atomic mass is 10.1. The summed E-state index contributed by atoms with van der Waals surface area (Å²) in [5, 5.41) is 9.01. The summed E-state index contributed by atoms with van der Waals surface area (Å²) in [6.07, 6.45) is 2.46. The fourth-order valence-corrected chi connectivity index (χ4v) is 2.27. The molecule has 5 heteroatoms. The third-order valence-electron chi connectivity index (χ3n) is 2.69. The third kappa shape index (κ3) is 2.22. The van der Waals surface area contributed by atoms with Gasteiger partial charge in [-0.1, -0.05) is 19.1 Å². The zero-order valence-electron chi connectivity index (χ0n) is 8.27. The van der Waals surface area contributed by atoms with Gasteiger partial charge in [0.05, 0.1) is 11.0 Å². The van der Waals surface area contributed by atoms with Crippen LogP contribution in [-0.4, -0.2) is 39.6 Å². The Kier molecular flexibility index (Phi) is 3.83. The molecule has 0 spiro atoms. The topological polar surface area (TPSA) is 66.6 Å². The number of rotatable bonds is 4. The van der Waals surface area contributed by atoms with Crippen molar-refractivity contribution in [3.05, 3.63) is 0 Å². The molecule has 1 aliphatic heterocycles. The van der Waals surface area contributed by atoms with Gasteiger partial charge in [-0.05, 0) is 25.8 Å². The van der Waals surface area contributed by atoms with Crippen LogP contribution in [0.5, 0.6) is 0 Å². The maximum atomic E-state index is 11.0. The molecule has 14 heavy (non-hydrogen) atoms. The highest BCUT2D eigenvalue weighted by Gasteiger charge is 2.34. The van der Waals surface area contributed by atoms with Crippen LogP contribution in [0, 0.1) is 0 Å². The van der Waals surface area contributed by atoms with E-state index in [0.29, 0.717) is 11.4 Å². The lowest BCUT2D eigenvalue weighted by Crippen LogP contribution is -2.48. The number of carboxylic acid groups (broad SMARTS) is 1. The molecule has 1 saturated heterocycles. The molecule has 0 aromatic rings. The first-order valence-electron chi connectivity index (χ1n) is 4.85.